The van der Waals surface area contributed by atoms with Gasteiger partial charge in [-0.1, -0.05) is 17.7 Å². The number of benzene rings is 2. The van der Waals surface area contributed by atoms with Crippen molar-refractivity contribution < 1.29 is 13.6 Å². The predicted octanol–water partition coefficient (Wildman–Crippen LogP) is 4.38. The Labute approximate surface area is 148 Å². The summed E-state index contributed by atoms with van der Waals surface area (Å²) in [6.07, 6.45) is 3.79. The zero-order chi connectivity index (χ0) is 17.8. The molecule has 0 atom stereocenters. The topological polar surface area (TPSA) is 46.9 Å². The van der Waals surface area contributed by atoms with Crippen molar-refractivity contribution in [3.8, 4) is 5.69 Å². The van der Waals surface area contributed by atoms with Crippen LogP contribution in [0.25, 0.3) is 5.69 Å². The number of carbonyl (C=O) groups excluding carboxylic acids is 1. The third-order valence-corrected chi connectivity index (χ3v) is 3.84. The summed E-state index contributed by atoms with van der Waals surface area (Å²) in [5.41, 5.74) is 1.74. The number of hydrogen-bond donors (Lipinski definition) is 1. The van der Waals surface area contributed by atoms with E-state index in [4.69, 9.17) is 11.6 Å². The highest BCUT2D eigenvalue weighted by atomic mass is 35.5. The monoisotopic (exact) mass is 361 g/mol. The first-order valence-corrected chi connectivity index (χ1v) is 7.94. The van der Waals surface area contributed by atoms with E-state index in [1.807, 2.05) is 0 Å². The Kier molecular flexibility index (Phi) is 5.09. The lowest BCUT2D eigenvalue weighted by Gasteiger charge is -2.12. The van der Waals surface area contributed by atoms with Crippen LogP contribution in [0.4, 0.5) is 14.5 Å². The van der Waals surface area contributed by atoms with Crippen LogP contribution in [0.3, 0.4) is 0 Å². The van der Waals surface area contributed by atoms with E-state index < -0.39 is 11.6 Å². The Morgan fingerprint density at radius 1 is 1.16 bits per heavy atom. The molecular weight excluding hydrogens is 348 g/mol. The van der Waals surface area contributed by atoms with Gasteiger partial charge in [-0.25, -0.2) is 13.5 Å². The van der Waals surface area contributed by atoms with Crippen LogP contribution in [0.5, 0.6) is 0 Å². The zero-order valence-corrected chi connectivity index (χ0v) is 13.8. The Morgan fingerprint density at radius 3 is 2.72 bits per heavy atom. The largest absolute Gasteiger partial charge is 0.324 e. The van der Waals surface area contributed by atoms with Crippen LogP contribution in [0.2, 0.25) is 5.02 Å². The van der Waals surface area contributed by atoms with E-state index in [1.54, 1.807) is 41.3 Å². The minimum absolute atomic E-state index is 0.121. The fourth-order valence-corrected chi connectivity index (χ4v) is 2.56. The molecule has 1 aromatic heterocycles. The molecule has 0 saturated carbocycles. The second-order valence-electron chi connectivity index (χ2n) is 5.41. The Balaban J connectivity index is 1.70. The van der Waals surface area contributed by atoms with Crippen LogP contribution in [-0.4, -0.2) is 15.7 Å². The first-order chi connectivity index (χ1) is 12.0. The maximum atomic E-state index is 13.2. The first kappa shape index (κ1) is 17.1. The molecule has 0 saturated heterocycles. The normalized spacial score (nSPS) is 10.7. The summed E-state index contributed by atoms with van der Waals surface area (Å²) < 4.78 is 27.7. The number of nitrogens with zero attached hydrogens (tertiary/aromatic N) is 2. The van der Waals surface area contributed by atoms with Crippen molar-refractivity contribution in [2.24, 2.45) is 0 Å². The van der Waals surface area contributed by atoms with E-state index in [0.29, 0.717) is 28.4 Å². The molecule has 0 spiro atoms. The van der Waals surface area contributed by atoms with Gasteiger partial charge in [-0.3, -0.25) is 4.79 Å². The third kappa shape index (κ3) is 4.22. The van der Waals surface area contributed by atoms with Crippen LogP contribution in [0, 0.1) is 11.6 Å². The lowest BCUT2D eigenvalue weighted by molar-refractivity contribution is -0.116. The summed E-state index contributed by atoms with van der Waals surface area (Å²) in [7, 11) is 0. The number of anilines is 1. The van der Waals surface area contributed by atoms with Crippen LogP contribution >= 0.6 is 11.6 Å². The average molecular weight is 362 g/mol. The molecule has 1 amide bonds. The smallest absolute Gasteiger partial charge is 0.224 e. The van der Waals surface area contributed by atoms with Crippen molar-refractivity contribution in [1.82, 2.24) is 9.78 Å². The van der Waals surface area contributed by atoms with Crippen LogP contribution < -0.4 is 5.32 Å². The molecule has 3 aromatic rings. The molecule has 1 heterocycles. The average Bonchev–Trinajstić information content (AvgIpc) is 3.10. The first-order valence-electron chi connectivity index (χ1n) is 7.56. The van der Waals surface area contributed by atoms with E-state index in [0.717, 1.165) is 12.1 Å². The maximum Gasteiger partial charge on any atom is 0.224 e. The van der Waals surface area contributed by atoms with Gasteiger partial charge in [-0.15, -0.1) is 0 Å². The second kappa shape index (κ2) is 7.44. The van der Waals surface area contributed by atoms with Gasteiger partial charge in [0, 0.05) is 23.8 Å². The van der Waals surface area contributed by atoms with Gasteiger partial charge < -0.3 is 5.32 Å². The van der Waals surface area contributed by atoms with Crippen molar-refractivity contribution in [3.05, 3.63) is 77.1 Å². The Bertz CT molecular complexity index is 897. The van der Waals surface area contributed by atoms with Gasteiger partial charge in [-0.05, 0) is 48.4 Å². The van der Waals surface area contributed by atoms with Crippen molar-refractivity contribution >= 4 is 23.2 Å². The van der Waals surface area contributed by atoms with E-state index in [-0.39, 0.29) is 12.3 Å². The SMILES string of the molecule is O=C(CCc1ccc(F)c(F)c1)Nc1cc(Cl)ccc1-n1cccn1. The van der Waals surface area contributed by atoms with Gasteiger partial charge in [0.2, 0.25) is 5.91 Å². The molecule has 0 aliphatic heterocycles. The fourth-order valence-electron chi connectivity index (χ4n) is 2.39. The molecule has 0 fully saturated rings. The number of halogens is 3. The standard InChI is InChI=1S/C18H14ClF2N3O/c19-13-4-6-17(24-9-1-8-22-24)16(11-13)23-18(25)7-3-12-2-5-14(20)15(21)10-12/h1-2,4-6,8-11H,3,7H2,(H,23,25). The number of nitrogens with one attached hydrogen (secondary N) is 1. The summed E-state index contributed by atoms with van der Waals surface area (Å²) in [6.45, 7) is 0. The second-order valence-corrected chi connectivity index (χ2v) is 5.85. The number of aryl methyl sites for hydroxylation is 1. The van der Waals surface area contributed by atoms with Gasteiger partial charge in [0.25, 0.3) is 0 Å². The fraction of sp³-hybridized carbons (Fsp3) is 0.111. The summed E-state index contributed by atoms with van der Waals surface area (Å²) in [6, 6.07) is 10.5. The molecule has 0 aliphatic rings. The lowest BCUT2D eigenvalue weighted by atomic mass is 10.1. The van der Waals surface area contributed by atoms with Gasteiger partial charge in [0.05, 0.1) is 11.4 Å². The molecule has 128 valence electrons. The van der Waals surface area contributed by atoms with E-state index in [9.17, 15) is 13.6 Å². The third-order valence-electron chi connectivity index (χ3n) is 3.61. The number of amides is 1. The summed E-state index contributed by atoms with van der Waals surface area (Å²) in [5, 5.41) is 7.40. The number of carbonyl (C=O) groups is 1. The van der Waals surface area contributed by atoms with Crippen LogP contribution in [0.1, 0.15) is 12.0 Å². The Hall–Kier alpha value is -2.73. The molecule has 25 heavy (non-hydrogen) atoms. The molecule has 0 bridgehead atoms. The summed E-state index contributed by atoms with van der Waals surface area (Å²) >= 11 is 6.01. The highest BCUT2D eigenvalue weighted by molar-refractivity contribution is 6.31. The van der Waals surface area contributed by atoms with E-state index in [1.165, 1.54) is 6.07 Å². The lowest BCUT2D eigenvalue weighted by Crippen LogP contribution is -2.14. The number of hydrogen-bond acceptors (Lipinski definition) is 2. The van der Waals surface area contributed by atoms with Gasteiger partial charge in [-0.2, -0.15) is 5.10 Å². The molecule has 0 radical (unpaired) electrons. The Morgan fingerprint density at radius 2 is 2.00 bits per heavy atom. The summed E-state index contributed by atoms with van der Waals surface area (Å²) in [4.78, 5) is 12.2. The molecular formula is C18H14ClF2N3O. The van der Waals surface area contributed by atoms with Crippen LogP contribution in [0.15, 0.2) is 54.9 Å². The molecule has 0 aliphatic carbocycles. The van der Waals surface area contributed by atoms with Crippen molar-refractivity contribution in [3.63, 3.8) is 0 Å². The quantitative estimate of drug-likeness (QED) is 0.733. The van der Waals surface area contributed by atoms with Crippen molar-refractivity contribution in [1.29, 1.82) is 0 Å². The van der Waals surface area contributed by atoms with Crippen molar-refractivity contribution in [2.75, 3.05) is 5.32 Å². The summed E-state index contributed by atoms with van der Waals surface area (Å²) in [5.74, 6) is -2.09. The van der Waals surface area contributed by atoms with Gasteiger partial charge in [0.15, 0.2) is 11.6 Å². The maximum absolute atomic E-state index is 13.2. The number of rotatable bonds is 5. The number of aromatic nitrogens is 2. The van der Waals surface area contributed by atoms with Gasteiger partial charge in [0.1, 0.15) is 0 Å². The molecule has 2 aromatic carbocycles. The van der Waals surface area contributed by atoms with E-state index >= 15 is 0 Å². The molecule has 3 rings (SSSR count). The molecule has 7 heteroatoms. The zero-order valence-electron chi connectivity index (χ0n) is 13.0. The predicted molar refractivity (Wildman–Crippen MR) is 91.9 cm³/mol. The molecule has 1 N–H and O–H groups in total. The minimum atomic E-state index is -0.922. The highest BCUT2D eigenvalue weighted by Gasteiger charge is 2.11. The van der Waals surface area contributed by atoms with Crippen LogP contribution in [-0.2, 0) is 11.2 Å². The molecule has 0 unspecified atom stereocenters. The van der Waals surface area contributed by atoms with Crippen molar-refractivity contribution in [2.45, 2.75) is 12.8 Å². The van der Waals surface area contributed by atoms with E-state index in [2.05, 4.69) is 10.4 Å². The van der Waals surface area contributed by atoms with Gasteiger partial charge >= 0.3 is 0 Å². The highest BCUT2D eigenvalue weighted by Crippen LogP contribution is 2.24. The minimum Gasteiger partial charge on any atom is -0.324 e. The molecule has 4 nitrogen and oxygen atoms in total.